The van der Waals surface area contributed by atoms with Crippen molar-refractivity contribution in [3.8, 4) is 0 Å². The zero-order valence-corrected chi connectivity index (χ0v) is 10.1. The SMILES string of the molecule is C=C(C(=O)O)C(C)CCCCCCCC. The molecule has 0 amide bonds. The Bertz CT molecular complexity index is 197. The molecular formula is C13H24O2. The molecule has 2 heteroatoms. The van der Waals surface area contributed by atoms with Gasteiger partial charge in [-0.2, -0.15) is 0 Å². The predicted molar refractivity (Wildman–Crippen MR) is 63.9 cm³/mol. The van der Waals surface area contributed by atoms with E-state index in [1.54, 1.807) is 0 Å². The second kappa shape index (κ2) is 8.51. The highest BCUT2D eigenvalue weighted by molar-refractivity contribution is 5.86. The average molecular weight is 212 g/mol. The molecule has 0 fully saturated rings. The molecule has 0 rings (SSSR count). The summed E-state index contributed by atoms with van der Waals surface area (Å²) in [5, 5.41) is 8.73. The molecule has 0 saturated carbocycles. The van der Waals surface area contributed by atoms with Gasteiger partial charge in [-0.1, -0.05) is 59.0 Å². The Morgan fingerprint density at radius 2 is 1.73 bits per heavy atom. The third kappa shape index (κ3) is 7.18. The van der Waals surface area contributed by atoms with Gasteiger partial charge in [-0.3, -0.25) is 0 Å². The minimum Gasteiger partial charge on any atom is -0.478 e. The van der Waals surface area contributed by atoms with Crippen LogP contribution in [0.2, 0.25) is 0 Å². The van der Waals surface area contributed by atoms with E-state index in [1.165, 1.54) is 32.1 Å². The van der Waals surface area contributed by atoms with Gasteiger partial charge in [0.2, 0.25) is 0 Å². The van der Waals surface area contributed by atoms with Gasteiger partial charge in [-0.05, 0) is 12.3 Å². The van der Waals surface area contributed by atoms with Crippen LogP contribution in [0.15, 0.2) is 12.2 Å². The second-order valence-electron chi connectivity index (χ2n) is 4.29. The van der Waals surface area contributed by atoms with Crippen LogP contribution < -0.4 is 0 Å². The first-order chi connectivity index (χ1) is 7.09. The molecule has 0 aromatic heterocycles. The summed E-state index contributed by atoms with van der Waals surface area (Å²) in [5.41, 5.74) is 0.351. The Kier molecular flexibility index (Phi) is 8.06. The van der Waals surface area contributed by atoms with Crippen molar-refractivity contribution in [1.82, 2.24) is 0 Å². The molecule has 0 aliphatic carbocycles. The molecule has 0 bridgehead atoms. The van der Waals surface area contributed by atoms with E-state index in [2.05, 4.69) is 13.5 Å². The highest BCUT2D eigenvalue weighted by atomic mass is 16.4. The summed E-state index contributed by atoms with van der Waals surface area (Å²) >= 11 is 0. The van der Waals surface area contributed by atoms with Crippen molar-refractivity contribution >= 4 is 5.97 Å². The number of carboxylic acids is 1. The van der Waals surface area contributed by atoms with Crippen molar-refractivity contribution in [1.29, 1.82) is 0 Å². The first-order valence-electron chi connectivity index (χ1n) is 6.01. The van der Waals surface area contributed by atoms with E-state index in [0.29, 0.717) is 5.57 Å². The van der Waals surface area contributed by atoms with Crippen molar-refractivity contribution in [3.05, 3.63) is 12.2 Å². The highest BCUT2D eigenvalue weighted by Gasteiger charge is 2.12. The Morgan fingerprint density at radius 1 is 1.20 bits per heavy atom. The maximum atomic E-state index is 10.6. The summed E-state index contributed by atoms with van der Waals surface area (Å²) in [4.78, 5) is 10.6. The normalized spacial score (nSPS) is 12.4. The third-order valence-corrected chi connectivity index (χ3v) is 2.86. The van der Waals surface area contributed by atoms with E-state index >= 15 is 0 Å². The van der Waals surface area contributed by atoms with Gasteiger partial charge < -0.3 is 5.11 Å². The van der Waals surface area contributed by atoms with Gasteiger partial charge in [0.1, 0.15) is 0 Å². The quantitative estimate of drug-likeness (QED) is 0.463. The Morgan fingerprint density at radius 3 is 2.27 bits per heavy atom. The molecule has 0 saturated heterocycles. The molecule has 0 aliphatic heterocycles. The van der Waals surface area contributed by atoms with Crippen LogP contribution in [-0.4, -0.2) is 11.1 Å². The van der Waals surface area contributed by atoms with E-state index < -0.39 is 5.97 Å². The summed E-state index contributed by atoms with van der Waals surface area (Å²) in [6, 6.07) is 0. The molecule has 1 N–H and O–H groups in total. The average Bonchev–Trinajstić information content (AvgIpc) is 2.21. The summed E-state index contributed by atoms with van der Waals surface area (Å²) in [6.07, 6.45) is 8.47. The van der Waals surface area contributed by atoms with Crippen LogP contribution in [0.4, 0.5) is 0 Å². The van der Waals surface area contributed by atoms with Crippen LogP contribution >= 0.6 is 0 Å². The number of rotatable bonds is 9. The second-order valence-corrected chi connectivity index (χ2v) is 4.29. The maximum Gasteiger partial charge on any atom is 0.331 e. The Labute approximate surface area is 93.4 Å². The molecule has 0 aromatic carbocycles. The lowest BCUT2D eigenvalue weighted by atomic mass is 9.95. The van der Waals surface area contributed by atoms with Crippen LogP contribution in [0.1, 0.15) is 58.8 Å². The topological polar surface area (TPSA) is 37.3 Å². The molecule has 2 nitrogen and oxygen atoms in total. The lowest BCUT2D eigenvalue weighted by Crippen LogP contribution is -2.08. The van der Waals surface area contributed by atoms with Gasteiger partial charge in [0.25, 0.3) is 0 Å². The first kappa shape index (κ1) is 14.2. The van der Waals surface area contributed by atoms with E-state index in [1.807, 2.05) is 6.92 Å². The van der Waals surface area contributed by atoms with Gasteiger partial charge in [0.15, 0.2) is 0 Å². The van der Waals surface area contributed by atoms with Crippen LogP contribution in [0.5, 0.6) is 0 Å². The zero-order chi connectivity index (χ0) is 11.7. The van der Waals surface area contributed by atoms with Crippen molar-refractivity contribution < 1.29 is 9.90 Å². The van der Waals surface area contributed by atoms with Gasteiger partial charge in [-0.15, -0.1) is 0 Å². The highest BCUT2D eigenvalue weighted by Crippen LogP contribution is 2.17. The molecule has 1 unspecified atom stereocenters. The van der Waals surface area contributed by atoms with E-state index in [4.69, 9.17) is 5.11 Å². The molecular weight excluding hydrogens is 188 g/mol. The lowest BCUT2D eigenvalue weighted by molar-refractivity contribution is -0.133. The van der Waals surface area contributed by atoms with Crippen molar-refractivity contribution in [2.24, 2.45) is 5.92 Å². The van der Waals surface area contributed by atoms with Gasteiger partial charge >= 0.3 is 5.97 Å². The lowest BCUT2D eigenvalue weighted by Gasteiger charge is -2.10. The number of carboxylic acid groups (broad SMARTS) is 1. The molecule has 0 radical (unpaired) electrons. The summed E-state index contributed by atoms with van der Waals surface area (Å²) < 4.78 is 0. The molecule has 0 heterocycles. The van der Waals surface area contributed by atoms with Crippen LogP contribution in [0.3, 0.4) is 0 Å². The Balaban J connectivity index is 3.43. The van der Waals surface area contributed by atoms with Crippen molar-refractivity contribution in [2.75, 3.05) is 0 Å². The minimum absolute atomic E-state index is 0.119. The molecule has 0 aromatic rings. The fourth-order valence-corrected chi connectivity index (χ4v) is 1.62. The monoisotopic (exact) mass is 212 g/mol. The molecule has 15 heavy (non-hydrogen) atoms. The summed E-state index contributed by atoms with van der Waals surface area (Å²) in [7, 11) is 0. The summed E-state index contributed by atoms with van der Waals surface area (Å²) in [5.74, 6) is -0.734. The maximum absolute atomic E-state index is 10.6. The number of hydrogen-bond acceptors (Lipinski definition) is 1. The molecule has 88 valence electrons. The largest absolute Gasteiger partial charge is 0.478 e. The number of carbonyl (C=O) groups is 1. The van der Waals surface area contributed by atoms with Crippen molar-refractivity contribution in [3.63, 3.8) is 0 Å². The third-order valence-electron chi connectivity index (χ3n) is 2.86. The van der Waals surface area contributed by atoms with Crippen LogP contribution in [-0.2, 0) is 4.79 Å². The molecule has 0 aliphatic rings. The summed E-state index contributed by atoms with van der Waals surface area (Å²) in [6.45, 7) is 7.74. The molecule has 0 spiro atoms. The molecule has 1 atom stereocenters. The van der Waals surface area contributed by atoms with Crippen LogP contribution in [0, 0.1) is 5.92 Å². The van der Waals surface area contributed by atoms with E-state index in [0.717, 1.165) is 12.8 Å². The number of unbranched alkanes of at least 4 members (excludes halogenated alkanes) is 5. The van der Waals surface area contributed by atoms with E-state index in [9.17, 15) is 4.79 Å². The Hall–Kier alpha value is -0.790. The number of aliphatic carboxylic acids is 1. The predicted octanol–water partition coefficient (Wildman–Crippen LogP) is 4.01. The van der Waals surface area contributed by atoms with Crippen molar-refractivity contribution in [2.45, 2.75) is 58.8 Å². The van der Waals surface area contributed by atoms with Crippen LogP contribution in [0.25, 0.3) is 0 Å². The smallest absolute Gasteiger partial charge is 0.331 e. The first-order valence-corrected chi connectivity index (χ1v) is 6.01. The number of hydrogen-bond donors (Lipinski definition) is 1. The zero-order valence-electron chi connectivity index (χ0n) is 10.1. The van der Waals surface area contributed by atoms with Gasteiger partial charge in [0.05, 0.1) is 0 Å². The standard InChI is InChI=1S/C13H24O2/c1-4-5-6-7-8-9-10-11(2)12(3)13(14)15/h11H,3-10H2,1-2H3,(H,14,15). The van der Waals surface area contributed by atoms with E-state index in [-0.39, 0.29) is 5.92 Å². The fourth-order valence-electron chi connectivity index (χ4n) is 1.62. The fraction of sp³-hybridized carbons (Fsp3) is 0.769. The van der Waals surface area contributed by atoms with Gasteiger partial charge in [-0.25, -0.2) is 4.79 Å². The van der Waals surface area contributed by atoms with Gasteiger partial charge in [0, 0.05) is 5.57 Å². The minimum atomic E-state index is -0.853.